The minimum atomic E-state index is -0.488. The van der Waals surface area contributed by atoms with Gasteiger partial charge in [0.1, 0.15) is 5.69 Å². The number of carbonyl (C=O) groups is 2. The number of aromatic nitrogens is 1. The molecule has 8 heteroatoms. The summed E-state index contributed by atoms with van der Waals surface area (Å²) >= 11 is 0. The molecule has 0 saturated carbocycles. The van der Waals surface area contributed by atoms with Crippen LogP contribution in [-0.4, -0.2) is 24.0 Å². The van der Waals surface area contributed by atoms with Crippen molar-refractivity contribution in [1.82, 2.24) is 15.6 Å². The van der Waals surface area contributed by atoms with Crippen molar-refractivity contribution in [3.8, 4) is 0 Å². The minimum Gasteiger partial charge on any atom is -0.398 e. The molecule has 0 saturated heterocycles. The Hall–Kier alpha value is -4.07. The van der Waals surface area contributed by atoms with Crippen molar-refractivity contribution in [1.29, 1.82) is 0 Å². The molecule has 0 bridgehead atoms. The van der Waals surface area contributed by atoms with Gasteiger partial charge in [-0.25, -0.2) is 4.79 Å². The summed E-state index contributed by atoms with van der Waals surface area (Å²) in [5, 5.41) is 7.58. The molecule has 0 spiro atoms. The maximum atomic E-state index is 12.4. The molecular formula is C22H27N5O3. The third-order valence-corrected chi connectivity index (χ3v) is 3.75. The highest BCUT2D eigenvalue weighted by molar-refractivity contribution is 5.98. The Kier molecular flexibility index (Phi) is 9.91. The number of nitrogens with two attached hydrogens (primary N) is 1. The molecule has 0 aliphatic heterocycles. The number of aromatic amines is 1. The Morgan fingerprint density at radius 2 is 1.93 bits per heavy atom. The topological polar surface area (TPSA) is 129 Å². The molecule has 0 aliphatic rings. The maximum Gasteiger partial charge on any atom is 0.319 e. The van der Waals surface area contributed by atoms with Gasteiger partial charge in [-0.15, -0.1) is 0 Å². The summed E-state index contributed by atoms with van der Waals surface area (Å²) in [4.78, 5) is 38.1. The first kappa shape index (κ1) is 24.0. The molecule has 1 heterocycles. The second kappa shape index (κ2) is 12.4. The van der Waals surface area contributed by atoms with Gasteiger partial charge >= 0.3 is 6.03 Å². The molecule has 0 unspecified atom stereocenters. The van der Waals surface area contributed by atoms with E-state index in [2.05, 4.69) is 27.5 Å². The molecule has 158 valence electrons. The van der Waals surface area contributed by atoms with Gasteiger partial charge in [0.25, 0.3) is 11.5 Å². The lowest BCUT2D eigenvalue weighted by molar-refractivity contribution is -0.116. The van der Waals surface area contributed by atoms with Crippen LogP contribution in [0.2, 0.25) is 0 Å². The summed E-state index contributed by atoms with van der Waals surface area (Å²) in [6.07, 6.45) is 14.9. The molecule has 0 atom stereocenters. The third kappa shape index (κ3) is 7.51. The molecule has 30 heavy (non-hydrogen) atoms. The Morgan fingerprint density at radius 3 is 2.53 bits per heavy atom. The van der Waals surface area contributed by atoms with Crippen molar-refractivity contribution >= 4 is 23.7 Å². The monoisotopic (exact) mass is 409 g/mol. The fourth-order valence-corrected chi connectivity index (χ4v) is 2.22. The molecule has 8 nitrogen and oxygen atoms in total. The normalized spacial score (nSPS) is 12.8. The zero-order valence-corrected chi connectivity index (χ0v) is 17.3. The number of allylic oxidation sites excluding steroid dienone is 6. The van der Waals surface area contributed by atoms with Crippen molar-refractivity contribution in [2.45, 2.75) is 13.8 Å². The Bertz CT molecular complexity index is 994. The highest BCUT2D eigenvalue weighted by atomic mass is 16.2. The van der Waals surface area contributed by atoms with E-state index in [1.807, 2.05) is 0 Å². The van der Waals surface area contributed by atoms with Gasteiger partial charge in [-0.2, -0.15) is 0 Å². The fraction of sp³-hybridized carbons (Fsp3) is 0.136. The summed E-state index contributed by atoms with van der Waals surface area (Å²) in [6, 6.07) is 1.06. The van der Waals surface area contributed by atoms with Crippen LogP contribution in [0.3, 0.4) is 0 Å². The van der Waals surface area contributed by atoms with Crippen LogP contribution in [0, 0.1) is 0 Å². The van der Waals surface area contributed by atoms with Gasteiger partial charge in [0.2, 0.25) is 0 Å². The quantitative estimate of drug-likeness (QED) is 0.334. The van der Waals surface area contributed by atoms with Crippen LogP contribution in [-0.2, 0) is 4.79 Å². The standard InChI is InChI=1S/C22H27N5O3/c1-5-10-18(23)17(7-3)20(28)26-16(6-2)12-9-8-11-15-13-19(21(29)25-14-15)27-22(30)24-4/h5-14H,3,23H2,1-2,4H3,(H,25,29)(H,26,28)(H2,24,27,30)/b10-5+,11-8+,12-9-,16-6-,18-17-. The number of hydrogen-bond donors (Lipinski definition) is 5. The largest absolute Gasteiger partial charge is 0.398 e. The van der Waals surface area contributed by atoms with Gasteiger partial charge in [0.15, 0.2) is 0 Å². The molecule has 6 N–H and O–H groups in total. The smallest absolute Gasteiger partial charge is 0.319 e. The van der Waals surface area contributed by atoms with Gasteiger partial charge < -0.3 is 26.7 Å². The minimum absolute atomic E-state index is 0.129. The Morgan fingerprint density at radius 1 is 1.20 bits per heavy atom. The molecule has 0 radical (unpaired) electrons. The number of H-pyrrole nitrogens is 1. The first-order valence-corrected chi connectivity index (χ1v) is 9.15. The van der Waals surface area contributed by atoms with Gasteiger partial charge in [0, 0.05) is 24.6 Å². The molecule has 0 aromatic carbocycles. The van der Waals surface area contributed by atoms with E-state index in [4.69, 9.17) is 5.73 Å². The van der Waals surface area contributed by atoms with Crippen molar-refractivity contribution in [3.63, 3.8) is 0 Å². The maximum absolute atomic E-state index is 12.4. The number of urea groups is 1. The predicted octanol–water partition coefficient (Wildman–Crippen LogP) is 2.69. The second-order valence-electron chi connectivity index (χ2n) is 5.87. The second-order valence-corrected chi connectivity index (χ2v) is 5.87. The van der Waals surface area contributed by atoms with Crippen LogP contribution in [0.5, 0.6) is 0 Å². The molecule has 0 fully saturated rings. The first-order chi connectivity index (χ1) is 14.4. The zero-order chi connectivity index (χ0) is 22.5. The predicted molar refractivity (Wildman–Crippen MR) is 121 cm³/mol. The van der Waals surface area contributed by atoms with Gasteiger partial charge in [0.05, 0.1) is 5.57 Å². The van der Waals surface area contributed by atoms with Crippen LogP contribution in [0.1, 0.15) is 19.4 Å². The van der Waals surface area contributed by atoms with E-state index < -0.39 is 11.6 Å². The molecular weight excluding hydrogens is 382 g/mol. The van der Waals surface area contributed by atoms with E-state index in [0.29, 0.717) is 17.0 Å². The van der Waals surface area contributed by atoms with Crippen molar-refractivity contribution in [3.05, 3.63) is 94.3 Å². The van der Waals surface area contributed by atoms with Crippen molar-refractivity contribution < 1.29 is 9.59 Å². The average Bonchev–Trinajstić information content (AvgIpc) is 2.72. The van der Waals surface area contributed by atoms with Crippen LogP contribution in [0.4, 0.5) is 10.5 Å². The molecule has 3 amide bonds. The van der Waals surface area contributed by atoms with E-state index in [0.717, 1.165) is 0 Å². The van der Waals surface area contributed by atoms with E-state index in [-0.39, 0.29) is 17.2 Å². The summed E-state index contributed by atoms with van der Waals surface area (Å²) in [6.45, 7) is 7.22. The SMILES string of the molecule is C=C/C(C(=O)NC(/C=C\C=C\c1c[nH]c(=O)c(NC(=O)NC)c1)=C\C)=C(N)\C=C\C. The van der Waals surface area contributed by atoms with Gasteiger partial charge in [-0.05, 0) is 37.6 Å². The molecule has 1 rings (SSSR count). The van der Waals surface area contributed by atoms with E-state index in [9.17, 15) is 14.4 Å². The van der Waals surface area contributed by atoms with Crippen LogP contribution in [0.25, 0.3) is 6.08 Å². The molecule has 0 aliphatic carbocycles. The lowest BCUT2D eigenvalue weighted by Gasteiger charge is -2.08. The fourth-order valence-electron chi connectivity index (χ4n) is 2.22. The molecule has 1 aromatic heterocycles. The van der Waals surface area contributed by atoms with E-state index >= 15 is 0 Å². The number of anilines is 1. The summed E-state index contributed by atoms with van der Waals surface area (Å²) < 4.78 is 0. The zero-order valence-electron chi connectivity index (χ0n) is 17.3. The molecule has 1 aromatic rings. The lowest BCUT2D eigenvalue weighted by atomic mass is 10.1. The van der Waals surface area contributed by atoms with E-state index in [1.165, 1.54) is 19.3 Å². The highest BCUT2D eigenvalue weighted by Crippen LogP contribution is 2.07. The number of amides is 3. The van der Waals surface area contributed by atoms with Crippen LogP contribution >= 0.6 is 0 Å². The number of rotatable bonds is 8. The number of nitrogens with one attached hydrogen (secondary N) is 4. The van der Waals surface area contributed by atoms with Crippen LogP contribution < -0.4 is 27.2 Å². The number of carbonyl (C=O) groups excluding carboxylic acids is 2. The summed E-state index contributed by atoms with van der Waals surface area (Å²) in [5.41, 5.74) is 7.43. The average molecular weight is 409 g/mol. The number of hydrogen-bond acceptors (Lipinski definition) is 4. The number of pyridine rings is 1. The van der Waals surface area contributed by atoms with E-state index in [1.54, 1.807) is 62.4 Å². The lowest BCUT2D eigenvalue weighted by Crippen LogP contribution is -2.27. The van der Waals surface area contributed by atoms with Gasteiger partial charge in [-0.3, -0.25) is 9.59 Å². The Balaban J connectivity index is 2.88. The highest BCUT2D eigenvalue weighted by Gasteiger charge is 2.09. The summed E-state index contributed by atoms with van der Waals surface area (Å²) in [7, 11) is 1.46. The van der Waals surface area contributed by atoms with Crippen LogP contribution in [0.15, 0.2) is 83.1 Å². The summed E-state index contributed by atoms with van der Waals surface area (Å²) in [5.74, 6) is -0.368. The third-order valence-electron chi connectivity index (χ3n) is 3.75. The Labute approximate surface area is 175 Å². The van der Waals surface area contributed by atoms with Gasteiger partial charge in [-0.1, -0.05) is 43.0 Å². The van der Waals surface area contributed by atoms with Crippen molar-refractivity contribution in [2.75, 3.05) is 12.4 Å². The van der Waals surface area contributed by atoms with Crippen molar-refractivity contribution in [2.24, 2.45) is 5.73 Å². The first-order valence-electron chi connectivity index (χ1n) is 9.15.